The minimum atomic E-state index is -0.304. The fourth-order valence-corrected chi connectivity index (χ4v) is 0.731. The number of allylic oxidation sites excluding steroid dienone is 2. The molecule has 0 heterocycles. The molecule has 0 aromatic carbocycles. The highest BCUT2D eigenvalue weighted by Crippen LogP contribution is 1.97. The molecule has 0 aromatic rings. The molecule has 0 radical (unpaired) electrons. The molecule has 2 nitrogen and oxygen atoms in total. The lowest BCUT2D eigenvalue weighted by Gasteiger charge is -2.05. The largest absolute Gasteiger partial charge is 0.391 e. The minimum absolute atomic E-state index is 0.304. The lowest BCUT2D eigenvalue weighted by molar-refractivity contribution is 0.0599. The number of hydrogen-bond acceptors (Lipinski definition) is 2. The Balaban J connectivity index is 3.12. The Morgan fingerprint density at radius 3 is 2.80 bits per heavy atom. The maximum atomic E-state index is 9.12. The summed E-state index contributed by atoms with van der Waals surface area (Å²) in [5.41, 5.74) is 0. The maximum Gasteiger partial charge on any atom is 0.0776 e. The van der Waals surface area contributed by atoms with Gasteiger partial charge in [-0.15, -0.1) is 0 Å². The first-order valence-corrected chi connectivity index (χ1v) is 3.59. The van der Waals surface area contributed by atoms with Gasteiger partial charge in [-0.25, -0.2) is 0 Å². The fourth-order valence-electron chi connectivity index (χ4n) is 0.731. The van der Waals surface area contributed by atoms with E-state index in [0.29, 0.717) is 6.61 Å². The number of rotatable bonds is 5. The summed E-state index contributed by atoms with van der Waals surface area (Å²) in [6, 6.07) is 0. The van der Waals surface area contributed by atoms with Gasteiger partial charge in [-0.05, 0) is 19.8 Å². The Hall–Kier alpha value is -0.340. The van der Waals surface area contributed by atoms with Gasteiger partial charge in [0.25, 0.3) is 0 Å². The molecular formula is C8H16O2. The molecule has 0 aromatic heterocycles. The summed E-state index contributed by atoms with van der Waals surface area (Å²) in [7, 11) is 1.60. The minimum Gasteiger partial charge on any atom is -0.391 e. The van der Waals surface area contributed by atoms with Crippen LogP contribution in [0.25, 0.3) is 0 Å². The first-order valence-electron chi connectivity index (χ1n) is 3.59. The van der Waals surface area contributed by atoms with Gasteiger partial charge >= 0.3 is 0 Å². The predicted molar refractivity (Wildman–Crippen MR) is 41.9 cm³/mol. The van der Waals surface area contributed by atoms with Crippen LogP contribution in [-0.2, 0) is 4.74 Å². The molecule has 0 aliphatic heterocycles. The number of ether oxygens (including phenoxy) is 1. The van der Waals surface area contributed by atoms with Crippen molar-refractivity contribution in [3.05, 3.63) is 12.2 Å². The molecule has 60 valence electrons. The van der Waals surface area contributed by atoms with E-state index in [0.717, 1.165) is 12.8 Å². The molecule has 0 spiro atoms. The van der Waals surface area contributed by atoms with Gasteiger partial charge in [-0.1, -0.05) is 12.2 Å². The molecule has 1 atom stereocenters. The van der Waals surface area contributed by atoms with Crippen LogP contribution in [-0.4, -0.2) is 24.9 Å². The molecule has 0 aliphatic carbocycles. The van der Waals surface area contributed by atoms with Gasteiger partial charge in [0.15, 0.2) is 0 Å². The van der Waals surface area contributed by atoms with Crippen molar-refractivity contribution in [2.75, 3.05) is 13.7 Å². The molecule has 0 fully saturated rings. The van der Waals surface area contributed by atoms with Crippen LogP contribution >= 0.6 is 0 Å². The zero-order valence-electron chi connectivity index (χ0n) is 6.71. The third-order valence-corrected chi connectivity index (χ3v) is 1.26. The highest BCUT2D eigenvalue weighted by molar-refractivity contribution is 4.77. The second-order valence-electron chi connectivity index (χ2n) is 2.26. The normalized spacial score (nSPS) is 14.3. The molecule has 0 amide bonds. The number of aliphatic hydroxyl groups excluding tert-OH is 1. The Kier molecular flexibility index (Phi) is 6.55. The summed E-state index contributed by atoms with van der Waals surface area (Å²) >= 11 is 0. The van der Waals surface area contributed by atoms with Crippen molar-refractivity contribution >= 4 is 0 Å². The third-order valence-electron chi connectivity index (χ3n) is 1.26. The quantitative estimate of drug-likeness (QED) is 0.590. The topological polar surface area (TPSA) is 29.5 Å². The molecule has 1 unspecified atom stereocenters. The molecule has 0 saturated carbocycles. The first-order chi connectivity index (χ1) is 4.81. The van der Waals surface area contributed by atoms with Crippen LogP contribution in [0.15, 0.2) is 12.2 Å². The lowest BCUT2D eigenvalue weighted by Crippen LogP contribution is -2.12. The van der Waals surface area contributed by atoms with E-state index in [9.17, 15) is 0 Å². The molecule has 0 rings (SSSR count). The summed E-state index contributed by atoms with van der Waals surface area (Å²) < 4.78 is 4.76. The Morgan fingerprint density at radius 2 is 2.30 bits per heavy atom. The van der Waals surface area contributed by atoms with Crippen molar-refractivity contribution in [2.24, 2.45) is 0 Å². The van der Waals surface area contributed by atoms with Crippen molar-refractivity contribution in [1.29, 1.82) is 0 Å². The number of methoxy groups -OCH3 is 1. The van der Waals surface area contributed by atoms with E-state index in [-0.39, 0.29) is 6.10 Å². The predicted octanol–water partition coefficient (Wildman–Crippen LogP) is 1.35. The molecule has 2 heteroatoms. The van der Waals surface area contributed by atoms with Crippen molar-refractivity contribution in [2.45, 2.75) is 25.9 Å². The zero-order chi connectivity index (χ0) is 7.82. The first kappa shape index (κ1) is 9.66. The van der Waals surface area contributed by atoms with E-state index in [2.05, 4.69) is 0 Å². The van der Waals surface area contributed by atoms with Crippen molar-refractivity contribution in [1.82, 2.24) is 0 Å². The average Bonchev–Trinajstić information content (AvgIpc) is 1.89. The summed E-state index contributed by atoms with van der Waals surface area (Å²) in [5.74, 6) is 0. The summed E-state index contributed by atoms with van der Waals surface area (Å²) in [5, 5.41) is 9.12. The zero-order valence-corrected chi connectivity index (χ0v) is 6.71. The standard InChI is InChI=1S/C8H16O2/c1-3-4-5-6-8(9)7-10-2/h3-4,8-9H,5-7H2,1-2H3. The van der Waals surface area contributed by atoms with E-state index >= 15 is 0 Å². The van der Waals surface area contributed by atoms with Crippen molar-refractivity contribution in [3.8, 4) is 0 Å². The smallest absolute Gasteiger partial charge is 0.0776 e. The summed E-state index contributed by atoms with van der Waals surface area (Å²) in [4.78, 5) is 0. The van der Waals surface area contributed by atoms with Gasteiger partial charge in [0.2, 0.25) is 0 Å². The van der Waals surface area contributed by atoms with Gasteiger partial charge in [-0.2, -0.15) is 0 Å². The van der Waals surface area contributed by atoms with Crippen LogP contribution in [0.2, 0.25) is 0 Å². The van der Waals surface area contributed by atoms with Crippen molar-refractivity contribution < 1.29 is 9.84 Å². The highest BCUT2D eigenvalue weighted by Gasteiger charge is 1.99. The van der Waals surface area contributed by atoms with Gasteiger partial charge in [0, 0.05) is 7.11 Å². The van der Waals surface area contributed by atoms with Crippen LogP contribution in [0.5, 0.6) is 0 Å². The second-order valence-corrected chi connectivity index (χ2v) is 2.26. The lowest BCUT2D eigenvalue weighted by atomic mass is 10.2. The Labute approximate surface area is 62.5 Å². The van der Waals surface area contributed by atoms with Gasteiger partial charge in [0.1, 0.15) is 0 Å². The van der Waals surface area contributed by atoms with Gasteiger partial charge < -0.3 is 9.84 Å². The molecule has 0 saturated heterocycles. The van der Waals surface area contributed by atoms with Crippen LogP contribution < -0.4 is 0 Å². The van der Waals surface area contributed by atoms with Crippen LogP contribution in [0.4, 0.5) is 0 Å². The average molecular weight is 144 g/mol. The molecule has 10 heavy (non-hydrogen) atoms. The Morgan fingerprint density at radius 1 is 1.60 bits per heavy atom. The number of aliphatic hydroxyl groups is 1. The highest BCUT2D eigenvalue weighted by atomic mass is 16.5. The van der Waals surface area contributed by atoms with Gasteiger partial charge in [0.05, 0.1) is 12.7 Å². The van der Waals surface area contributed by atoms with Crippen LogP contribution in [0.3, 0.4) is 0 Å². The van der Waals surface area contributed by atoms with Crippen LogP contribution in [0.1, 0.15) is 19.8 Å². The van der Waals surface area contributed by atoms with E-state index in [1.165, 1.54) is 0 Å². The van der Waals surface area contributed by atoms with Crippen molar-refractivity contribution in [3.63, 3.8) is 0 Å². The van der Waals surface area contributed by atoms with Gasteiger partial charge in [-0.3, -0.25) is 0 Å². The Bertz CT molecular complexity index is 89.3. The summed E-state index contributed by atoms with van der Waals surface area (Å²) in [6.45, 7) is 2.42. The monoisotopic (exact) mass is 144 g/mol. The molecule has 0 bridgehead atoms. The summed E-state index contributed by atoms with van der Waals surface area (Å²) in [6.07, 6.45) is 5.44. The van der Waals surface area contributed by atoms with E-state index in [4.69, 9.17) is 9.84 Å². The second kappa shape index (κ2) is 6.78. The number of hydrogen-bond donors (Lipinski definition) is 1. The fraction of sp³-hybridized carbons (Fsp3) is 0.750. The van der Waals surface area contributed by atoms with E-state index in [1.54, 1.807) is 7.11 Å². The maximum absolute atomic E-state index is 9.12. The third kappa shape index (κ3) is 5.79. The molecule has 1 N–H and O–H groups in total. The molecule has 0 aliphatic rings. The molecular weight excluding hydrogens is 128 g/mol. The SMILES string of the molecule is CC=CCCC(O)COC. The van der Waals surface area contributed by atoms with E-state index < -0.39 is 0 Å². The van der Waals surface area contributed by atoms with E-state index in [1.807, 2.05) is 19.1 Å². The van der Waals surface area contributed by atoms with Crippen LogP contribution in [0, 0.1) is 0 Å².